The van der Waals surface area contributed by atoms with Crippen molar-refractivity contribution in [1.29, 1.82) is 0 Å². The molecule has 4 heteroatoms. The van der Waals surface area contributed by atoms with Crippen LogP contribution in [-0.2, 0) is 9.53 Å². The first-order valence-corrected chi connectivity index (χ1v) is 5.59. The van der Waals surface area contributed by atoms with Crippen molar-refractivity contribution in [2.24, 2.45) is 0 Å². The third-order valence-electron chi connectivity index (χ3n) is 2.45. The molecule has 0 atom stereocenters. The Hall–Kier alpha value is -1.06. The van der Waals surface area contributed by atoms with Crippen LogP contribution in [0.15, 0.2) is 35.0 Å². The molecule has 0 saturated carbocycles. The maximum Gasteiger partial charge on any atom is 0.151 e. The molecule has 1 rings (SSSR count). The van der Waals surface area contributed by atoms with Gasteiger partial charge in [0.2, 0.25) is 0 Å². The van der Waals surface area contributed by atoms with Gasteiger partial charge in [0, 0.05) is 18.7 Å². The molecule has 0 bridgehead atoms. The van der Waals surface area contributed by atoms with Crippen LogP contribution in [0.1, 0.15) is 6.92 Å². The number of carbonyl (C=O) groups excluding carboxylic acids is 1. The van der Waals surface area contributed by atoms with Gasteiger partial charge in [-0.05, 0) is 6.92 Å². The minimum absolute atomic E-state index is 0.418. The zero-order chi connectivity index (χ0) is 12.0. The Labute approximate surface area is 101 Å². The number of hydrogen-bond acceptors (Lipinski definition) is 3. The van der Waals surface area contributed by atoms with Crippen molar-refractivity contribution in [3.05, 3.63) is 35.0 Å². The summed E-state index contributed by atoms with van der Waals surface area (Å²) < 4.78 is 5.27. The van der Waals surface area contributed by atoms with Gasteiger partial charge in [0.05, 0.1) is 23.9 Å². The lowest BCUT2D eigenvalue weighted by atomic mass is 10.2. The summed E-state index contributed by atoms with van der Waals surface area (Å²) in [5.41, 5.74) is 1.29. The predicted molar refractivity (Wildman–Crippen MR) is 65.3 cm³/mol. The Morgan fingerprint density at radius 2 is 2.06 bits per heavy atom. The number of morpholine rings is 1. The average molecular weight is 242 g/mol. The minimum atomic E-state index is 0.418. The molecule has 0 aromatic carbocycles. The van der Waals surface area contributed by atoms with Gasteiger partial charge < -0.3 is 9.64 Å². The molecule has 0 radical (unpaired) electrons. The second-order valence-corrected chi connectivity index (χ2v) is 3.74. The molecule has 3 nitrogen and oxygen atoms in total. The van der Waals surface area contributed by atoms with Crippen molar-refractivity contribution in [3.8, 4) is 0 Å². The number of rotatable bonds is 4. The number of nitrogens with zero attached hydrogens (tertiary/aromatic N) is 1. The van der Waals surface area contributed by atoms with Gasteiger partial charge in [0.15, 0.2) is 6.29 Å². The summed E-state index contributed by atoms with van der Waals surface area (Å²) in [5.74, 6) is 0. The van der Waals surface area contributed by atoms with Crippen molar-refractivity contribution in [1.82, 2.24) is 4.90 Å². The second kappa shape index (κ2) is 6.51. The molecule has 1 saturated heterocycles. The van der Waals surface area contributed by atoms with Gasteiger partial charge in [-0.25, -0.2) is 0 Å². The van der Waals surface area contributed by atoms with Crippen molar-refractivity contribution in [2.45, 2.75) is 6.92 Å². The molecule has 1 fully saturated rings. The van der Waals surface area contributed by atoms with E-state index >= 15 is 0 Å². The van der Waals surface area contributed by atoms with E-state index in [1.165, 1.54) is 6.08 Å². The van der Waals surface area contributed by atoms with Gasteiger partial charge in [0.25, 0.3) is 0 Å². The van der Waals surface area contributed by atoms with Crippen LogP contribution in [0, 0.1) is 0 Å². The van der Waals surface area contributed by atoms with E-state index in [0.717, 1.165) is 25.1 Å². The monoisotopic (exact) mass is 241 g/mol. The van der Waals surface area contributed by atoms with E-state index in [-0.39, 0.29) is 0 Å². The van der Waals surface area contributed by atoms with Crippen molar-refractivity contribution in [2.75, 3.05) is 26.3 Å². The number of aldehydes is 1. The lowest BCUT2D eigenvalue weighted by molar-refractivity contribution is -0.104. The first-order chi connectivity index (χ1) is 7.74. The standard InChI is InChI=1S/C12H16ClNO2/c1-3-10(9-15)12(13)11(4-2)14-5-7-16-8-6-14/h3-4,9H,1,5-8H2,2H3/b11-4+,12-10-. The maximum absolute atomic E-state index is 10.8. The van der Waals surface area contributed by atoms with Gasteiger partial charge >= 0.3 is 0 Å². The zero-order valence-electron chi connectivity index (χ0n) is 9.41. The van der Waals surface area contributed by atoms with Gasteiger partial charge in [-0.3, -0.25) is 4.79 Å². The van der Waals surface area contributed by atoms with Crippen LogP contribution in [0.2, 0.25) is 0 Å². The van der Waals surface area contributed by atoms with E-state index in [1.54, 1.807) is 0 Å². The lowest BCUT2D eigenvalue weighted by Gasteiger charge is -2.31. The molecule has 0 aromatic heterocycles. The number of allylic oxidation sites excluding steroid dienone is 4. The molecule has 0 N–H and O–H groups in total. The SMILES string of the molecule is C=C/C(C=O)=C(Cl)\C(=C/C)N1CCOCC1. The molecule has 1 aliphatic rings. The first kappa shape index (κ1) is 13.0. The highest BCUT2D eigenvalue weighted by Crippen LogP contribution is 2.23. The second-order valence-electron chi connectivity index (χ2n) is 3.36. The third-order valence-corrected chi connectivity index (χ3v) is 2.86. The molecule has 0 aliphatic carbocycles. The molecular weight excluding hydrogens is 226 g/mol. The molecule has 0 unspecified atom stereocenters. The molecular formula is C12H16ClNO2. The fraction of sp³-hybridized carbons (Fsp3) is 0.417. The highest BCUT2D eigenvalue weighted by atomic mass is 35.5. The van der Waals surface area contributed by atoms with E-state index in [2.05, 4.69) is 11.5 Å². The number of hydrogen-bond donors (Lipinski definition) is 0. The molecule has 1 aliphatic heterocycles. The van der Waals surface area contributed by atoms with Gasteiger partial charge in [0.1, 0.15) is 0 Å². The topological polar surface area (TPSA) is 29.5 Å². The predicted octanol–water partition coefficient (Wildman–Crippen LogP) is 2.10. The van der Waals surface area contributed by atoms with Crippen LogP contribution in [0.4, 0.5) is 0 Å². The Balaban J connectivity index is 2.93. The summed E-state index contributed by atoms with van der Waals surface area (Å²) in [7, 11) is 0. The summed E-state index contributed by atoms with van der Waals surface area (Å²) in [6, 6.07) is 0. The van der Waals surface area contributed by atoms with Crippen LogP contribution in [-0.4, -0.2) is 37.5 Å². The van der Waals surface area contributed by atoms with Gasteiger partial charge in [-0.15, -0.1) is 0 Å². The van der Waals surface area contributed by atoms with Crippen molar-refractivity contribution < 1.29 is 9.53 Å². The molecule has 1 heterocycles. The van der Waals surface area contributed by atoms with Crippen LogP contribution in [0.3, 0.4) is 0 Å². The van der Waals surface area contributed by atoms with Crippen LogP contribution >= 0.6 is 11.6 Å². The molecule has 88 valence electrons. The van der Waals surface area contributed by atoms with Crippen LogP contribution < -0.4 is 0 Å². The summed E-state index contributed by atoms with van der Waals surface area (Å²) >= 11 is 6.17. The minimum Gasteiger partial charge on any atom is -0.378 e. The summed E-state index contributed by atoms with van der Waals surface area (Å²) in [6.45, 7) is 8.43. The quantitative estimate of drug-likeness (QED) is 0.429. The fourth-order valence-corrected chi connectivity index (χ4v) is 1.94. The highest BCUT2D eigenvalue weighted by Gasteiger charge is 2.17. The van der Waals surface area contributed by atoms with E-state index in [1.807, 2.05) is 13.0 Å². The molecule has 16 heavy (non-hydrogen) atoms. The maximum atomic E-state index is 10.8. The average Bonchev–Trinajstić information content (AvgIpc) is 2.33. The van der Waals surface area contributed by atoms with Gasteiger partial charge in [-0.1, -0.05) is 30.3 Å². The van der Waals surface area contributed by atoms with E-state index in [9.17, 15) is 4.79 Å². The summed E-state index contributed by atoms with van der Waals surface area (Å²) in [4.78, 5) is 12.9. The Bertz CT molecular complexity index is 318. The van der Waals surface area contributed by atoms with Crippen LogP contribution in [0.25, 0.3) is 0 Å². The van der Waals surface area contributed by atoms with Crippen molar-refractivity contribution >= 4 is 17.9 Å². The van der Waals surface area contributed by atoms with Crippen molar-refractivity contribution in [3.63, 3.8) is 0 Å². The fourth-order valence-electron chi connectivity index (χ4n) is 1.59. The van der Waals surface area contributed by atoms with E-state index in [0.29, 0.717) is 23.8 Å². The molecule has 0 spiro atoms. The van der Waals surface area contributed by atoms with E-state index in [4.69, 9.17) is 16.3 Å². The lowest BCUT2D eigenvalue weighted by Crippen LogP contribution is -2.35. The third kappa shape index (κ3) is 2.97. The summed E-state index contributed by atoms with van der Waals surface area (Å²) in [6.07, 6.45) is 4.10. The number of halogens is 1. The van der Waals surface area contributed by atoms with E-state index < -0.39 is 0 Å². The number of ether oxygens (including phenoxy) is 1. The van der Waals surface area contributed by atoms with Gasteiger partial charge in [-0.2, -0.15) is 0 Å². The first-order valence-electron chi connectivity index (χ1n) is 5.21. The summed E-state index contributed by atoms with van der Waals surface area (Å²) in [5, 5.41) is 0.453. The number of carbonyl (C=O) groups is 1. The Morgan fingerprint density at radius 3 is 2.50 bits per heavy atom. The smallest absolute Gasteiger partial charge is 0.151 e. The molecule has 0 aromatic rings. The normalized spacial score (nSPS) is 19.1. The van der Waals surface area contributed by atoms with Crippen LogP contribution in [0.5, 0.6) is 0 Å². The highest BCUT2D eigenvalue weighted by molar-refractivity contribution is 6.33. The zero-order valence-corrected chi connectivity index (χ0v) is 10.2. The Morgan fingerprint density at radius 1 is 1.44 bits per heavy atom. The Kier molecular flexibility index (Phi) is 5.29. The largest absolute Gasteiger partial charge is 0.378 e. The molecule has 0 amide bonds.